The zero-order chi connectivity index (χ0) is 12.7. The predicted octanol–water partition coefficient (Wildman–Crippen LogP) is -2.10. The van der Waals surface area contributed by atoms with E-state index in [0.717, 1.165) is 0 Å². The van der Waals surface area contributed by atoms with Crippen molar-refractivity contribution in [2.75, 3.05) is 0 Å². The van der Waals surface area contributed by atoms with E-state index in [9.17, 15) is 25.2 Å². The Morgan fingerprint density at radius 1 is 1.19 bits per heavy atom. The maximum absolute atomic E-state index is 10.9. The van der Waals surface area contributed by atoms with Gasteiger partial charge in [0.1, 0.15) is 6.10 Å². The summed E-state index contributed by atoms with van der Waals surface area (Å²) >= 11 is 0. The van der Waals surface area contributed by atoms with Gasteiger partial charge in [-0.3, -0.25) is 0 Å². The molecule has 7 nitrogen and oxygen atoms in total. The van der Waals surface area contributed by atoms with Crippen LogP contribution in [-0.4, -0.2) is 61.7 Å². The van der Waals surface area contributed by atoms with Crippen molar-refractivity contribution in [1.82, 2.24) is 0 Å². The van der Waals surface area contributed by atoms with Crippen molar-refractivity contribution in [1.29, 1.82) is 0 Å². The van der Waals surface area contributed by atoms with E-state index in [2.05, 4.69) is 4.74 Å². The zero-order valence-electron chi connectivity index (χ0n) is 8.94. The Bertz CT molecular complexity index is 272. The SMILES string of the molecule is CC(C)(O)C1C(C(=O)O)OC(O)C(O)C1O. The first-order valence-electron chi connectivity index (χ1n) is 4.81. The van der Waals surface area contributed by atoms with Gasteiger partial charge in [0.25, 0.3) is 0 Å². The summed E-state index contributed by atoms with van der Waals surface area (Å²) in [6.45, 7) is 2.59. The normalized spacial score (nSPS) is 40.8. The van der Waals surface area contributed by atoms with Crippen LogP contribution in [0, 0.1) is 5.92 Å². The number of aliphatic hydroxyl groups excluding tert-OH is 3. The molecule has 16 heavy (non-hydrogen) atoms. The number of carboxylic acid groups (broad SMARTS) is 1. The molecule has 1 rings (SSSR count). The number of carbonyl (C=O) groups is 1. The van der Waals surface area contributed by atoms with Crippen molar-refractivity contribution in [3.63, 3.8) is 0 Å². The van der Waals surface area contributed by atoms with Gasteiger partial charge in [-0.1, -0.05) is 0 Å². The number of aliphatic carboxylic acids is 1. The van der Waals surface area contributed by atoms with Crippen molar-refractivity contribution >= 4 is 5.97 Å². The van der Waals surface area contributed by atoms with Gasteiger partial charge in [-0.2, -0.15) is 0 Å². The Morgan fingerprint density at radius 2 is 1.69 bits per heavy atom. The van der Waals surface area contributed by atoms with Gasteiger partial charge >= 0.3 is 5.97 Å². The summed E-state index contributed by atoms with van der Waals surface area (Å²) in [7, 11) is 0. The van der Waals surface area contributed by atoms with Gasteiger partial charge in [-0.15, -0.1) is 0 Å². The van der Waals surface area contributed by atoms with Gasteiger partial charge in [0.15, 0.2) is 12.4 Å². The third-order valence-corrected chi connectivity index (χ3v) is 2.68. The summed E-state index contributed by atoms with van der Waals surface area (Å²) in [6.07, 6.45) is -6.58. The minimum Gasteiger partial charge on any atom is -0.479 e. The lowest BCUT2D eigenvalue weighted by Gasteiger charge is -2.44. The summed E-state index contributed by atoms with van der Waals surface area (Å²) in [6, 6.07) is 0. The fourth-order valence-electron chi connectivity index (χ4n) is 1.88. The maximum atomic E-state index is 10.9. The van der Waals surface area contributed by atoms with Crippen LogP contribution in [-0.2, 0) is 9.53 Å². The van der Waals surface area contributed by atoms with E-state index < -0.39 is 42.1 Å². The smallest absolute Gasteiger partial charge is 0.333 e. The second-order valence-corrected chi connectivity index (χ2v) is 4.45. The fraction of sp³-hybridized carbons (Fsp3) is 0.889. The Morgan fingerprint density at radius 3 is 2.06 bits per heavy atom. The molecule has 7 heteroatoms. The molecular weight excluding hydrogens is 220 g/mol. The summed E-state index contributed by atoms with van der Waals surface area (Å²) in [5.41, 5.74) is -1.57. The zero-order valence-corrected chi connectivity index (χ0v) is 8.94. The molecule has 0 spiro atoms. The maximum Gasteiger partial charge on any atom is 0.333 e. The standard InChI is InChI=1S/C9H16O7/c1-9(2,15)3-4(10)5(11)8(14)16-6(3)7(12)13/h3-6,8,10-11,14-15H,1-2H3,(H,12,13). The number of aliphatic hydroxyl groups is 4. The van der Waals surface area contributed by atoms with Crippen molar-refractivity contribution in [3.8, 4) is 0 Å². The Hall–Kier alpha value is -0.730. The molecule has 0 aromatic rings. The molecule has 0 saturated carbocycles. The molecule has 0 bridgehead atoms. The molecular formula is C9H16O7. The van der Waals surface area contributed by atoms with Gasteiger partial charge in [0.2, 0.25) is 0 Å². The van der Waals surface area contributed by atoms with Gasteiger partial charge in [0, 0.05) is 0 Å². The highest BCUT2D eigenvalue weighted by atomic mass is 16.6. The molecule has 1 aliphatic rings. The third-order valence-electron chi connectivity index (χ3n) is 2.68. The van der Waals surface area contributed by atoms with Crippen LogP contribution < -0.4 is 0 Å². The Labute approximate surface area is 91.9 Å². The van der Waals surface area contributed by atoms with Crippen molar-refractivity contribution in [3.05, 3.63) is 0 Å². The lowest BCUT2D eigenvalue weighted by molar-refractivity contribution is -0.287. The van der Waals surface area contributed by atoms with E-state index >= 15 is 0 Å². The molecule has 0 amide bonds. The first-order chi connectivity index (χ1) is 7.16. The van der Waals surface area contributed by atoms with Crippen molar-refractivity contribution in [2.24, 2.45) is 5.92 Å². The van der Waals surface area contributed by atoms with Gasteiger partial charge < -0.3 is 30.3 Å². The van der Waals surface area contributed by atoms with Crippen LogP contribution in [0.5, 0.6) is 0 Å². The van der Waals surface area contributed by atoms with Crippen LogP contribution in [0.25, 0.3) is 0 Å². The molecule has 1 saturated heterocycles. The van der Waals surface area contributed by atoms with Crippen molar-refractivity contribution < 1.29 is 35.1 Å². The number of hydrogen-bond acceptors (Lipinski definition) is 6. The molecule has 5 atom stereocenters. The third kappa shape index (κ3) is 2.33. The van der Waals surface area contributed by atoms with E-state index in [0.29, 0.717) is 0 Å². The summed E-state index contributed by atoms with van der Waals surface area (Å²) in [5, 5.41) is 46.8. The molecule has 1 heterocycles. The number of rotatable bonds is 2. The molecule has 1 fully saturated rings. The van der Waals surface area contributed by atoms with E-state index in [1.165, 1.54) is 13.8 Å². The summed E-state index contributed by atoms with van der Waals surface area (Å²) in [5.74, 6) is -2.65. The topological polar surface area (TPSA) is 127 Å². The molecule has 0 aliphatic carbocycles. The van der Waals surface area contributed by atoms with Gasteiger partial charge in [-0.25, -0.2) is 4.79 Å². The number of hydrogen-bond donors (Lipinski definition) is 5. The minimum absolute atomic E-state index is 1.23. The minimum atomic E-state index is -1.78. The lowest BCUT2D eigenvalue weighted by atomic mass is 9.78. The predicted molar refractivity (Wildman–Crippen MR) is 50.3 cm³/mol. The van der Waals surface area contributed by atoms with Crippen LogP contribution in [0.3, 0.4) is 0 Å². The van der Waals surface area contributed by atoms with Crippen LogP contribution in [0.4, 0.5) is 0 Å². The number of carboxylic acids is 1. The molecule has 1 aliphatic heterocycles. The molecule has 0 aromatic carbocycles. The average Bonchev–Trinajstić information content (AvgIpc) is 2.10. The molecule has 5 N–H and O–H groups in total. The Kier molecular flexibility index (Phi) is 3.56. The van der Waals surface area contributed by atoms with E-state index in [-0.39, 0.29) is 0 Å². The highest BCUT2D eigenvalue weighted by Gasteiger charge is 2.52. The Balaban J connectivity index is 3.03. The average molecular weight is 236 g/mol. The van der Waals surface area contributed by atoms with E-state index in [4.69, 9.17) is 5.11 Å². The first kappa shape index (κ1) is 13.3. The second-order valence-electron chi connectivity index (χ2n) is 4.45. The quantitative estimate of drug-likeness (QED) is 0.371. The van der Waals surface area contributed by atoms with Crippen molar-refractivity contribution in [2.45, 2.75) is 44.1 Å². The molecule has 0 aromatic heterocycles. The van der Waals surface area contributed by atoms with Crippen LogP contribution in [0.15, 0.2) is 0 Å². The van der Waals surface area contributed by atoms with Crippen LogP contribution in [0.2, 0.25) is 0 Å². The van der Waals surface area contributed by atoms with Crippen LogP contribution in [0.1, 0.15) is 13.8 Å². The highest BCUT2D eigenvalue weighted by molar-refractivity contribution is 5.73. The largest absolute Gasteiger partial charge is 0.479 e. The lowest BCUT2D eigenvalue weighted by Crippen LogP contribution is -2.62. The van der Waals surface area contributed by atoms with Crippen LogP contribution >= 0.6 is 0 Å². The summed E-state index contributed by atoms with van der Waals surface area (Å²) < 4.78 is 4.66. The monoisotopic (exact) mass is 236 g/mol. The fourth-order valence-corrected chi connectivity index (χ4v) is 1.88. The number of ether oxygens (including phenoxy) is 1. The van der Waals surface area contributed by atoms with E-state index in [1.807, 2.05) is 0 Å². The first-order valence-corrected chi connectivity index (χ1v) is 4.81. The van der Waals surface area contributed by atoms with E-state index in [1.54, 1.807) is 0 Å². The van der Waals surface area contributed by atoms with Gasteiger partial charge in [-0.05, 0) is 13.8 Å². The second kappa shape index (κ2) is 4.27. The molecule has 0 radical (unpaired) electrons. The highest BCUT2D eigenvalue weighted by Crippen LogP contribution is 2.33. The molecule has 5 unspecified atom stereocenters. The molecule has 94 valence electrons. The summed E-state index contributed by atoms with van der Waals surface area (Å²) in [4.78, 5) is 10.9. The van der Waals surface area contributed by atoms with Gasteiger partial charge in [0.05, 0.1) is 17.6 Å².